The quantitative estimate of drug-likeness (QED) is 0.617. The van der Waals surface area contributed by atoms with Gasteiger partial charge < -0.3 is 19.9 Å². The lowest BCUT2D eigenvalue weighted by molar-refractivity contribution is -0.181. The minimum atomic E-state index is -1.55. The largest absolute Gasteiger partial charge is 0.457 e. The molecule has 5 unspecified atom stereocenters. The summed E-state index contributed by atoms with van der Waals surface area (Å²) >= 11 is 0. The Kier molecular flexibility index (Phi) is 5.07. The van der Waals surface area contributed by atoms with Crippen molar-refractivity contribution in [3.8, 4) is 6.01 Å². The number of aliphatic hydroxyl groups excluding tert-OH is 1. The van der Waals surface area contributed by atoms with Crippen LogP contribution >= 0.6 is 0 Å². The number of ketones is 2. The number of rotatable bonds is 4. The zero-order chi connectivity index (χ0) is 24.6. The highest BCUT2D eigenvalue weighted by Crippen LogP contribution is 2.67. The Hall–Kier alpha value is -2.51. The van der Waals surface area contributed by atoms with Crippen molar-refractivity contribution < 1.29 is 24.5 Å². The van der Waals surface area contributed by atoms with Crippen LogP contribution in [0.25, 0.3) is 11.0 Å². The number of allylic oxidation sites excluding steroid dienone is 1. The van der Waals surface area contributed by atoms with Crippen molar-refractivity contribution in [2.75, 3.05) is 6.61 Å². The van der Waals surface area contributed by atoms with E-state index in [1.165, 1.54) is 5.57 Å². The molecule has 6 rings (SSSR count). The van der Waals surface area contributed by atoms with Gasteiger partial charge in [0.25, 0.3) is 6.01 Å². The third kappa shape index (κ3) is 3.20. The lowest BCUT2D eigenvalue weighted by Gasteiger charge is -2.60. The van der Waals surface area contributed by atoms with E-state index in [-0.39, 0.29) is 47.4 Å². The van der Waals surface area contributed by atoms with Crippen LogP contribution in [0.5, 0.6) is 6.01 Å². The summed E-state index contributed by atoms with van der Waals surface area (Å²) in [4.78, 5) is 33.0. The number of para-hydroxylation sites is 2. The van der Waals surface area contributed by atoms with Gasteiger partial charge in [0.1, 0.15) is 5.60 Å². The number of hydrogen-bond acceptors (Lipinski definition) is 6. The zero-order valence-corrected chi connectivity index (χ0v) is 20.4. The molecule has 2 aromatic rings. The van der Waals surface area contributed by atoms with Gasteiger partial charge in [-0.25, -0.2) is 0 Å². The molecule has 3 N–H and O–H groups in total. The van der Waals surface area contributed by atoms with Crippen molar-refractivity contribution in [3.05, 3.63) is 35.9 Å². The second-order valence-electron chi connectivity index (χ2n) is 11.7. The summed E-state index contributed by atoms with van der Waals surface area (Å²) in [6.07, 6.45) is 5.74. The first-order valence-electron chi connectivity index (χ1n) is 12.9. The highest BCUT2D eigenvalue weighted by atomic mass is 16.5. The minimum absolute atomic E-state index is 0.0536. The Balaban J connectivity index is 1.24. The fourth-order valence-corrected chi connectivity index (χ4v) is 8.40. The summed E-state index contributed by atoms with van der Waals surface area (Å²) in [6.45, 7) is 3.93. The zero-order valence-electron chi connectivity index (χ0n) is 20.4. The first kappa shape index (κ1) is 22.9. The van der Waals surface area contributed by atoms with Gasteiger partial charge in [0, 0.05) is 11.8 Å². The molecule has 3 fully saturated rings. The van der Waals surface area contributed by atoms with E-state index in [1.807, 2.05) is 37.3 Å². The maximum absolute atomic E-state index is 13.5. The molecule has 7 heteroatoms. The summed E-state index contributed by atoms with van der Waals surface area (Å²) in [5.74, 6) is 0.262. The normalized spacial score (nSPS) is 40.6. The molecule has 7 atom stereocenters. The Bertz CT molecular complexity index is 1200. The second-order valence-corrected chi connectivity index (χ2v) is 11.7. The van der Waals surface area contributed by atoms with Crippen molar-refractivity contribution in [3.63, 3.8) is 0 Å². The predicted molar refractivity (Wildman–Crippen MR) is 130 cm³/mol. The van der Waals surface area contributed by atoms with Gasteiger partial charge in [-0.2, -0.15) is 4.98 Å². The molecule has 3 saturated carbocycles. The standard InChI is InChI=1S/C28H34N2O5/c1-26-11-9-17(31)13-16(26)7-8-18-19-10-12-28(34,27(19,2)14-22(32)24(18)26)23(33)15-35-25-29-20-5-3-4-6-21(20)30-25/h3-6,13,18-19,22,24,32,34H,7-12,14-15H2,1-2H3,(H,29,30)/t18?,19?,22-,24?,26?,27?,28-/m0/s1. The van der Waals surface area contributed by atoms with E-state index in [4.69, 9.17) is 4.74 Å². The number of nitrogens with zero attached hydrogens (tertiary/aromatic N) is 1. The van der Waals surface area contributed by atoms with Crippen molar-refractivity contribution in [1.82, 2.24) is 9.97 Å². The monoisotopic (exact) mass is 478 g/mol. The molecular formula is C28H34N2O5. The minimum Gasteiger partial charge on any atom is -0.457 e. The summed E-state index contributed by atoms with van der Waals surface area (Å²) in [5.41, 5.74) is 0.311. The van der Waals surface area contributed by atoms with Crippen LogP contribution in [0.3, 0.4) is 0 Å². The van der Waals surface area contributed by atoms with E-state index >= 15 is 0 Å². The number of benzene rings is 1. The Morgan fingerprint density at radius 2 is 2.00 bits per heavy atom. The number of nitrogens with one attached hydrogen (secondary N) is 1. The smallest absolute Gasteiger partial charge is 0.295 e. The van der Waals surface area contributed by atoms with E-state index in [9.17, 15) is 19.8 Å². The third-order valence-electron chi connectivity index (χ3n) is 10.2. The highest BCUT2D eigenvalue weighted by Gasteiger charge is 2.68. The molecular weight excluding hydrogens is 444 g/mol. The SMILES string of the molecule is CC12CCC(=O)C=C1CCC1C2[C@@H](O)CC2(C)C1CC[C@]2(O)C(=O)COc1nc2ccccc2[nH]1. The Morgan fingerprint density at radius 1 is 1.20 bits per heavy atom. The second kappa shape index (κ2) is 7.74. The number of aromatic nitrogens is 2. The Labute approximate surface area is 205 Å². The average molecular weight is 479 g/mol. The number of imidazole rings is 1. The van der Waals surface area contributed by atoms with Crippen LogP contribution in [0, 0.1) is 28.6 Å². The number of carbonyl (C=O) groups excluding carboxylic acids is 2. The lowest BCUT2D eigenvalue weighted by atomic mass is 9.45. The summed E-state index contributed by atoms with van der Waals surface area (Å²) in [6, 6.07) is 7.80. The molecule has 1 aromatic heterocycles. The van der Waals surface area contributed by atoms with E-state index in [1.54, 1.807) is 0 Å². The van der Waals surface area contributed by atoms with E-state index in [0.717, 1.165) is 36.7 Å². The molecule has 35 heavy (non-hydrogen) atoms. The predicted octanol–water partition coefficient (Wildman–Crippen LogP) is 3.74. The van der Waals surface area contributed by atoms with Gasteiger partial charge in [-0.05, 0) is 79.9 Å². The van der Waals surface area contributed by atoms with Crippen molar-refractivity contribution in [2.45, 2.75) is 70.5 Å². The number of ether oxygens (including phenoxy) is 1. The Morgan fingerprint density at radius 3 is 2.80 bits per heavy atom. The highest BCUT2D eigenvalue weighted by molar-refractivity contribution is 5.92. The molecule has 7 nitrogen and oxygen atoms in total. The van der Waals surface area contributed by atoms with Crippen molar-refractivity contribution in [1.29, 1.82) is 0 Å². The van der Waals surface area contributed by atoms with Crippen LogP contribution in [-0.4, -0.2) is 50.1 Å². The number of Topliss-reactive ketones (excluding diaryl/α,β-unsaturated/α-hetero) is 1. The van der Waals surface area contributed by atoms with Crippen LogP contribution in [0.4, 0.5) is 0 Å². The molecule has 1 aromatic carbocycles. The third-order valence-corrected chi connectivity index (χ3v) is 10.2. The van der Waals surface area contributed by atoms with Gasteiger partial charge >= 0.3 is 0 Å². The number of hydrogen-bond donors (Lipinski definition) is 3. The topological polar surface area (TPSA) is 113 Å². The van der Waals surface area contributed by atoms with E-state index in [0.29, 0.717) is 19.3 Å². The molecule has 0 bridgehead atoms. The molecule has 0 saturated heterocycles. The van der Waals surface area contributed by atoms with Crippen LogP contribution in [0.15, 0.2) is 35.9 Å². The molecule has 4 aliphatic rings. The first-order valence-corrected chi connectivity index (χ1v) is 12.9. The van der Waals surface area contributed by atoms with E-state index in [2.05, 4.69) is 16.9 Å². The van der Waals surface area contributed by atoms with Gasteiger partial charge in [-0.1, -0.05) is 31.6 Å². The molecule has 0 aliphatic heterocycles. The maximum atomic E-state index is 13.5. The fourth-order valence-electron chi connectivity index (χ4n) is 8.40. The molecule has 0 amide bonds. The van der Waals surface area contributed by atoms with Crippen LogP contribution < -0.4 is 4.74 Å². The van der Waals surface area contributed by atoms with Crippen molar-refractivity contribution >= 4 is 22.6 Å². The van der Waals surface area contributed by atoms with Crippen LogP contribution in [-0.2, 0) is 9.59 Å². The molecule has 0 radical (unpaired) electrons. The van der Waals surface area contributed by atoms with Gasteiger partial charge in [-0.15, -0.1) is 0 Å². The van der Waals surface area contributed by atoms with Gasteiger partial charge in [0.15, 0.2) is 12.4 Å². The average Bonchev–Trinajstić information content (AvgIpc) is 3.36. The number of aromatic amines is 1. The molecule has 1 heterocycles. The number of H-pyrrole nitrogens is 1. The maximum Gasteiger partial charge on any atom is 0.295 e. The lowest BCUT2D eigenvalue weighted by Crippen LogP contribution is -2.62. The number of aliphatic hydroxyl groups is 2. The summed E-state index contributed by atoms with van der Waals surface area (Å²) in [7, 11) is 0. The molecule has 186 valence electrons. The summed E-state index contributed by atoms with van der Waals surface area (Å²) < 4.78 is 5.71. The van der Waals surface area contributed by atoms with Crippen LogP contribution in [0.1, 0.15) is 58.8 Å². The molecule has 0 spiro atoms. The molecule has 4 aliphatic carbocycles. The fraction of sp³-hybridized carbons (Fsp3) is 0.607. The van der Waals surface area contributed by atoms with Crippen LogP contribution in [0.2, 0.25) is 0 Å². The van der Waals surface area contributed by atoms with Crippen molar-refractivity contribution in [2.24, 2.45) is 28.6 Å². The number of carbonyl (C=O) groups is 2. The first-order chi connectivity index (χ1) is 16.7. The van der Waals surface area contributed by atoms with E-state index < -0.39 is 17.1 Å². The number of fused-ring (bicyclic) bond motifs is 6. The van der Waals surface area contributed by atoms with Gasteiger partial charge in [0.05, 0.1) is 17.1 Å². The van der Waals surface area contributed by atoms with Gasteiger partial charge in [0.2, 0.25) is 5.78 Å². The van der Waals surface area contributed by atoms with Gasteiger partial charge in [-0.3, -0.25) is 9.59 Å². The summed E-state index contributed by atoms with van der Waals surface area (Å²) in [5, 5.41) is 23.4.